The molecule has 8 heteroatoms. The maximum Gasteiger partial charge on any atom is 0.293 e. The normalized spacial score (nSPS) is 18.7. The van der Waals surface area contributed by atoms with Crippen molar-refractivity contribution in [1.29, 1.82) is 0 Å². The second-order valence-electron chi connectivity index (χ2n) is 7.70. The van der Waals surface area contributed by atoms with Crippen LogP contribution in [0.5, 0.6) is 0 Å². The van der Waals surface area contributed by atoms with Gasteiger partial charge < -0.3 is 14.5 Å². The third-order valence-electron chi connectivity index (χ3n) is 5.03. The lowest BCUT2D eigenvalue weighted by Crippen LogP contribution is -2.48. The van der Waals surface area contributed by atoms with Gasteiger partial charge in [-0.15, -0.1) is 0 Å². The van der Waals surface area contributed by atoms with Crippen molar-refractivity contribution in [1.82, 2.24) is 4.90 Å². The van der Waals surface area contributed by atoms with Gasteiger partial charge in [0.05, 0.1) is 22.7 Å². The van der Waals surface area contributed by atoms with E-state index in [0.29, 0.717) is 18.8 Å². The molecule has 1 aliphatic heterocycles. The van der Waals surface area contributed by atoms with Gasteiger partial charge in [0.25, 0.3) is 11.6 Å². The summed E-state index contributed by atoms with van der Waals surface area (Å²) in [5.41, 5.74) is 0.906. The van der Waals surface area contributed by atoms with Crippen molar-refractivity contribution in [2.45, 2.75) is 26.1 Å². The zero-order valence-corrected chi connectivity index (χ0v) is 17.5. The average Bonchev–Trinajstić information content (AvgIpc) is 2.71. The Hall–Kier alpha value is -3.26. The largest absolute Gasteiger partial charge is 0.372 e. The molecule has 1 fully saturated rings. The predicted octanol–water partition coefficient (Wildman–Crippen LogP) is 3.14. The SMILES string of the molecule is CC1CN(C(=O)c2ccccc2C(=O)c2ccc(N(C)C)c([N+](=O)[O-])c2)CC(C)O1. The molecule has 1 heterocycles. The second-order valence-corrected chi connectivity index (χ2v) is 7.70. The molecule has 0 spiro atoms. The lowest BCUT2D eigenvalue weighted by molar-refractivity contribution is -0.384. The monoisotopic (exact) mass is 411 g/mol. The van der Waals surface area contributed by atoms with Gasteiger partial charge in [-0.05, 0) is 32.0 Å². The summed E-state index contributed by atoms with van der Waals surface area (Å²) >= 11 is 0. The van der Waals surface area contributed by atoms with E-state index in [1.54, 1.807) is 60.3 Å². The first-order chi connectivity index (χ1) is 14.2. The third-order valence-corrected chi connectivity index (χ3v) is 5.03. The Balaban J connectivity index is 1.98. The minimum Gasteiger partial charge on any atom is -0.372 e. The van der Waals surface area contributed by atoms with Crippen LogP contribution in [0.3, 0.4) is 0 Å². The minimum atomic E-state index is -0.514. The number of ether oxygens (including phenoxy) is 1. The summed E-state index contributed by atoms with van der Waals surface area (Å²) in [4.78, 5) is 40.6. The number of amides is 1. The summed E-state index contributed by atoms with van der Waals surface area (Å²) in [6.07, 6.45) is -0.191. The molecule has 2 aromatic rings. The summed E-state index contributed by atoms with van der Waals surface area (Å²) in [5.74, 6) is -0.679. The summed E-state index contributed by atoms with van der Waals surface area (Å²) in [6, 6.07) is 10.9. The van der Waals surface area contributed by atoms with Gasteiger partial charge in [-0.1, -0.05) is 18.2 Å². The van der Waals surface area contributed by atoms with Crippen LogP contribution in [0, 0.1) is 10.1 Å². The molecular formula is C22H25N3O5. The zero-order chi connectivity index (χ0) is 22.0. The molecule has 0 aliphatic carbocycles. The molecule has 158 valence electrons. The van der Waals surface area contributed by atoms with Crippen molar-refractivity contribution < 1.29 is 19.2 Å². The smallest absolute Gasteiger partial charge is 0.293 e. The summed E-state index contributed by atoms with van der Waals surface area (Å²) in [6.45, 7) is 4.68. The molecule has 1 saturated heterocycles. The van der Waals surface area contributed by atoms with E-state index in [9.17, 15) is 19.7 Å². The van der Waals surface area contributed by atoms with Gasteiger partial charge >= 0.3 is 0 Å². The molecule has 0 N–H and O–H groups in total. The number of morpholine rings is 1. The van der Waals surface area contributed by atoms with Crippen LogP contribution in [0.1, 0.15) is 40.1 Å². The molecule has 0 aromatic heterocycles. The number of benzene rings is 2. The maximum atomic E-state index is 13.2. The number of hydrogen-bond donors (Lipinski definition) is 0. The van der Waals surface area contributed by atoms with Gasteiger partial charge in [0.15, 0.2) is 5.78 Å². The fourth-order valence-corrected chi connectivity index (χ4v) is 3.73. The number of nitrogens with zero attached hydrogens (tertiary/aromatic N) is 3. The van der Waals surface area contributed by atoms with E-state index >= 15 is 0 Å². The Morgan fingerprint density at radius 3 is 2.23 bits per heavy atom. The highest BCUT2D eigenvalue weighted by atomic mass is 16.6. The fraction of sp³-hybridized carbons (Fsp3) is 0.364. The van der Waals surface area contributed by atoms with E-state index in [1.807, 2.05) is 13.8 Å². The van der Waals surface area contributed by atoms with Gasteiger partial charge in [0.1, 0.15) is 5.69 Å². The molecule has 2 unspecified atom stereocenters. The second kappa shape index (κ2) is 8.62. The molecule has 0 saturated carbocycles. The highest BCUT2D eigenvalue weighted by Gasteiger charge is 2.29. The molecule has 2 aromatic carbocycles. The summed E-state index contributed by atoms with van der Waals surface area (Å²) < 4.78 is 5.69. The zero-order valence-electron chi connectivity index (χ0n) is 17.5. The Morgan fingerprint density at radius 1 is 1.07 bits per heavy atom. The number of nitro groups is 1. The van der Waals surface area contributed by atoms with Crippen LogP contribution in [0.25, 0.3) is 0 Å². The molecule has 0 bridgehead atoms. The minimum absolute atomic E-state index is 0.0956. The average molecular weight is 411 g/mol. The molecule has 0 radical (unpaired) electrons. The number of anilines is 1. The van der Waals surface area contributed by atoms with Gasteiger partial charge in [0, 0.05) is 44.4 Å². The fourth-order valence-electron chi connectivity index (χ4n) is 3.73. The predicted molar refractivity (Wildman–Crippen MR) is 113 cm³/mol. The molecule has 3 rings (SSSR count). The van der Waals surface area contributed by atoms with Crippen molar-refractivity contribution >= 4 is 23.1 Å². The standard InChI is InChI=1S/C22H25N3O5/c1-14-12-24(13-15(2)30-14)22(27)18-8-6-5-7-17(18)21(26)16-9-10-19(23(3)4)20(11-16)25(28)29/h5-11,14-15H,12-13H2,1-4H3. The van der Waals surface area contributed by atoms with E-state index in [2.05, 4.69) is 0 Å². The first-order valence-corrected chi connectivity index (χ1v) is 9.73. The van der Waals surface area contributed by atoms with Crippen LogP contribution in [0.2, 0.25) is 0 Å². The highest BCUT2D eigenvalue weighted by Crippen LogP contribution is 2.29. The highest BCUT2D eigenvalue weighted by molar-refractivity contribution is 6.15. The lowest BCUT2D eigenvalue weighted by Gasteiger charge is -2.35. The van der Waals surface area contributed by atoms with Crippen molar-refractivity contribution in [3.8, 4) is 0 Å². The van der Waals surface area contributed by atoms with Crippen LogP contribution < -0.4 is 4.90 Å². The molecule has 30 heavy (non-hydrogen) atoms. The van der Waals surface area contributed by atoms with Gasteiger partial charge in [-0.2, -0.15) is 0 Å². The van der Waals surface area contributed by atoms with Crippen LogP contribution in [0.4, 0.5) is 11.4 Å². The van der Waals surface area contributed by atoms with E-state index in [4.69, 9.17) is 4.74 Å². The van der Waals surface area contributed by atoms with Gasteiger partial charge in [0.2, 0.25) is 0 Å². The number of ketones is 1. The Kier molecular flexibility index (Phi) is 6.17. The van der Waals surface area contributed by atoms with E-state index in [0.717, 1.165) is 0 Å². The quantitative estimate of drug-likeness (QED) is 0.426. The molecule has 2 atom stereocenters. The van der Waals surface area contributed by atoms with E-state index in [1.165, 1.54) is 6.07 Å². The Bertz CT molecular complexity index is 978. The maximum absolute atomic E-state index is 13.2. The van der Waals surface area contributed by atoms with Crippen LogP contribution in [-0.2, 0) is 4.74 Å². The van der Waals surface area contributed by atoms with Gasteiger partial charge in [-0.3, -0.25) is 19.7 Å². The van der Waals surface area contributed by atoms with Crippen molar-refractivity contribution in [3.63, 3.8) is 0 Å². The summed E-state index contributed by atoms with van der Waals surface area (Å²) in [5, 5.41) is 11.5. The Labute approximate surface area is 175 Å². The third kappa shape index (κ3) is 4.33. The van der Waals surface area contributed by atoms with Crippen molar-refractivity contribution in [3.05, 3.63) is 69.3 Å². The topological polar surface area (TPSA) is 93.0 Å². The number of nitro benzene ring substituents is 1. The number of carbonyl (C=O) groups excluding carboxylic acids is 2. The number of carbonyl (C=O) groups is 2. The van der Waals surface area contributed by atoms with Crippen LogP contribution in [-0.4, -0.2) is 60.9 Å². The lowest BCUT2D eigenvalue weighted by atomic mass is 9.96. The first-order valence-electron chi connectivity index (χ1n) is 9.73. The molecule has 1 aliphatic rings. The van der Waals surface area contributed by atoms with E-state index in [-0.39, 0.29) is 40.5 Å². The molecular weight excluding hydrogens is 386 g/mol. The van der Waals surface area contributed by atoms with Gasteiger partial charge in [-0.25, -0.2) is 0 Å². The van der Waals surface area contributed by atoms with Crippen LogP contribution in [0.15, 0.2) is 42.5 Å². The number of hydrogen-bond acceptors (Lipinski definition) is 6. The number of rotatable bonds is 5. The van der Waals surface area contributed by atoms with Crippen molar-refractivity contribution in [2.24, 2.45) is 0 Å². The first kappa shape index (κ1) is 21.4. The van der Waals surface area contributed by atoms with Crippen molar-refractivity contribution in [2.75, 3.05) is 32.1 Å². The van der Waals surface area contributed by atoms with Crippen LogP contribution >= 0.6 is 0 Å². The Morgan fingerprint density at radius 2 is 1.67 bits per heavy atom. The molecule has 1 amide bonds. The molecule has 8 nitrogen and oxygen atoms in total. The van der Waals surface area contributed by atoms with E-state index < -0.39 is 10.7 Å². The summed E-state index contributed by atoms with van der Waals surface area (Å²) in [7, 11) is 3.39.